The normalized spacial score (nSPS) is 15.2. The predicted octanol–water partition coefficient (Wildman–Crippen LogP) is 6.84. The Morgan fingerprint density at radius 3 is 2.48 bits per heavy atom. The molecule has 5 rings (SSSR count). The van der Waals surface area contributed by atoms with Gasteiger partial charge in [-0.15, -0.1) is 0 Å². The lowest BCUT2D eigenvalue weighted by Gasteiger charge is -2.12. The fourth-order valence-corrected chi connectivity index (χ4v) is 5.17. The van der Waals surface area contributed by atoms with E-state index in [9.17, 15) is 9.59 Å². The third-order valence-corrected chi connectivity index (χ3v) is 7.36. The molecule has 0 spiro atoms. The molecule has 0 unspecified atom stereocenters. The highest BCUT2D eigenvalue weighted by Gasteiger charge is 2.30. The van der Waals surface area contributed by atoms with Crippen LogP contribution in [0.15, 0.2) is 94.8 Å². The molecule has 1 aliphatic rings. The van der Waals surface area contributed by atoms with Crippen LogP contribution in [0.25, 0.3) is 16.8 Å². The Balaban J connectivity index is 1.29. The number of rotatable bonds is 8. The van der Waals surface area contributed by atoms with Crippen molar-refractivity contribution in [2.45, 2.75) is 13.5 Å². The number of methoxy groups -OCH3 is 1. The summed E-state index contributed by atoms with van der Waals surface area (Å²) < 4.78 is 16.7. The molecule has 7 nitrogen and oxygen atoms in total. The number of amidine groups is 1. The van der Waals surface area contributed by atoms with Crippen LogP contribution < -0.4 is 9.47 Å². The quantitative estimate of drug-likeness (QED) is 0.176. The average molecular weight is 553 g/mol. The van der Waals surface area contributed by atoms with Crippen molar-refractivity contribution in [3.05, 3.63) is 107 Å². The third-order valence-electron chi connectivity index (χ3n) is 6.30. The lowest BCUT2D eigenvalue weighted by atomic mass is 10.1. The number of hydrogen-bond donors (Lipinski definition) is 0. The zero-order chi connectivity index (χ0) is 28.1. The summed E-state index contributed by atoms with van der Waals surface area (Å²) in [6.45, 7) is 2.48. The Kier molecular flexibility index (Phi) is 8.17. The van der Waals surface area contributed by atoms with Gasteiger partial charge >= 0.3 is 5.97 Å². The van der Waals surface area contributed by atoms with Crippen LogP contribution in [0.3, 0.4) is 0 Å². The maximum atomic E-state index is 12.9. The Labute approximate surface area is 237 Å². The molecule has 8 heteroatoms. The minimum Gasteiger partial charge on any atom is -0.493 e. The van der Waals surface area contributed by atoms with E-state index in [0.29, 0.717) is 46.0 Å². The number of carbonyl (C=O) groups is 2. The smallest absolute Gasteiger partial charge is 0.338 e. The predicted molar refractivity (Wildman–Crippen MR) is 159 cm³/mol. The monoisotopic (exact) mass is 552 g/mol. The minimum atomic E-state index is -0.380. The summed E-state index contributed by atoms with van der Waals surface area (Å²) in [5.41, 5.74) is 2.95. The number of hydrogen-bond acceptors (Lipinski definition) is 7. The molecule has 0 aliphatic carbocycles. The van der Waals surface area contributed by atoms with Crippen molar-refractivity contribution in [3.63, 3.8) is 0 Å². The summed E-state index contributed by atoms with van der Waals surface area (Å²) in [7, 11) is 3.28. The van der Waals surface area contributed by atoms with Crippen molar-refractivity contribution >= 4 is 51.3 Å². The third kappa shape index (κ3) is 6.02. The lowest BCUT2D eigenvalue weighted by molar-refractivity contribution is -0.121. The molecule has 1 saturated heterocycles. The van der Waals surface area contributed by atoms with Gasteiger partial charge < -0.3 is 14.2 Å². The summed E-state index contributed by atoms with van der Waals surface area (Å²) in [4.78, 5) is 31.5. The minimum absolute atomic E-state index is 0.150. The first-order valence-corrected chi connectivity index (χ1v) is 13.6. The molecule has 4 aromatic carbocycles. The SMILES string of the molecule is CCOC(=O)c1ccc(N=C2S/C(=C\c3ccc(OCc4ccc5ccccc5c4)c(OC)c3)C(=O)N2C)cc1. The highest BCUT2D eigenvalue weighted by molar-refractivity contribution is 8.18. The maximum Gasteiger partial charge on any atom is 0.338 e. The number of aliphatic imine (C=N–C) groups is 1. The van der Waals surface area contributed by atoms with Gasteiger partial charge in [0.2, 0.25) is 0 Å². The number of benzene rings is 4. The Bertz CT molecular complexity index is 1630. The lowest BCUT2D eigenvalue weighted by Crippen LogP contribution is -2.23. The molecule has 1 heterocycles. The molecule has 1 aliphatic heterocycles. The van der Waals surface area contributed by atoms with Crippen molar-refractivity contribution in [3.8, 4) is 11.5 Å². The van der Waals surface area contributed by atoms with Gasteiger partial charge in [-0.05, 0) is 89.1 Å². The van der Waals surface area contributed by atoms with Crippen LogP contribution in [0, 0.1) is 0 Å². The second-order valence-electron chi connectivity index (χ2n) is 9.02. The molecule has 0 saturated carbocycles. The van der Waals surface area contributed by atoms with Crippen molar-refractivity contribution in [2.75, 3.05) is 20.8 Å². The van der Waals surface area contributed by atoms with E-state index in [1.165, 1.54) is 22.0 Å². The highest BCUT2D eigenvalue weighted by atomic mass is 32.2. The summed E-state index contributed by atoms with van der Waals surface area (Å²) in [5, 5.41) is 2.89. The van der Waals surface area contributed by atoms with Crippen LogP contribution in [0.4, 0.5) is 5.69 Å². The molecule has 0 N–H and O–H groups in total. The summed E-state index contributed by atoms with van der Waals surface area (Å²) in [6, 6.07) is 26.8. The van der Waals surface area contributed by atoms with Gasteiger partial charge in [0.25, 0.3) is 5.91 Å². The van der Waals surface area contributed by atoms with E-state index in [0.717, 1.165) is 16.5 Å². The van der Waals surface area contributed by atoms with Gasteiger partial charge in [-0.25, -0.2) is 9.79 Å². The van der Waals surface area contributed by atoms with Crippen LogP contribution in [0.5, 0.6) is 11.5 Å². The molecule has 202 valence electrons. The molecule has 0 atom stereocenters. The fraction of sp³-hybridized carbons (Fsp3) is 0.156. The maximum absolute atomic E-state index is 12.9. The number of esters is 1. The van der Waals surface area contributed by atoms with Crippen molar-refractivity contribution in [1.82, 2.24) is 4.90 Å². The molecule has 0 aromatic heterocycles. The molecule has 4 aromatic rings. The van der Waals surface area contributed by atoms with E-state index in [2.05, 4.69) is 35.3 Å². The number of nitrogens with zero attached hydrogens (tertiary/aromatic N) is 2. The number of carbonyl (C=O) groups excluding carboxylic acids is 2. The number of ether oxygens (including phenoxy) is 3. The summed E-state index contributed by atoms with van der Waals surface area (Å²) in [6.07, 6.45) is 1.81. The van der Waals surface area contributed by atoms with Crippen LogP contribution >= 0.6 is 11.8 Å². The van der Waals surface area contributed by atoms with E-state index >= 15 is 0 Å². The van der Waals surface area contributed by atoms with E-state index < -0.39 is 0 Å². The number of amides is 1. The van der Waals surface area contributed by atoms with Gasteiger partial charge in [0.05, 0.1) is 29.9 Å². The molecular formula is C32H28N2O5S. The van der Waals surface area contributed by atoms with E-state index in [-0.39, 0.29) is 11.9 Å². The largest absolute Gasteiger partial charge is 0.493 e. The Morgan fingerprint density at radius 2 is 1.73 bits per heavy atom. The Morgan fingerprint density at radius 1 is 0.950 bits per heavy atom. The summed E-state index contributed by atoms with van der Waals surface area (Å²) >= 11 is 1.29. The molecule has 0 bridgehead atoms. The molecule has 40 heavy (non-hydrogen) atoms. The zero-order valence-electron chi connectivity index (χ0n) is 22.4. The number of likely N-dealkylation sites (N-methyl/N-ethyl adjacent to an activating group) is 1. The molecule has 1 amide bonds. The van der Waals surface area contributed by atoms with E-state index in [1.807, 2.05) is 36.4 Å². The van der Waals surface area contributed by atoms with Gasteiger partial charge in [-0.3, -0.25) is 9.69 Å². The highest BCUT2D eigenvalue weighted by Crippen LogP contribution is 2.35. The first kappa shape index (κ1) is 27.0. The van der Waals surface area contributed by atoms with Gasteiger partial charge in [0, 0.05) is 7.05 Å². The molecule has 1 fully saturated rings. The fourth-order valence-electron chi connectivity index (χ4n) is 4.18. The first-order valence-electron chi connectivity index (χ1n) is 12.8. The average Bonchev–Trinajstić information content (AvgIpc) is 3.24. The van der Waals surface area contributed by atoms with Crippen LogP contribution in [-0.2, 0) is 16.1 Å². The van der Waals surface area contributed by atoms with Gasteiger partial charge in [-0.1, -0.05) is 42.5 Å². The standard InChI is InChI=1S/C32H28N2O5S/c1-4-38-31(36)24-12-14-26(15-13-24)33-32-34(2)30(35)29(40-32)19-21-10-16-27(28(18-21)37-3)39-20-22-9-11-23-7-5-6-8-25(23)17-22/h5-19H,4,20H2,1-3H3/b29-19-,33-32?. The number of fused-ring (bicyclic) bond motifs is 1. The first-order chi connectivity index (χ1) is 19.4. The van der Waals surface area contributed by atoms with Crippen molar-refractivity contribution < 1.29 is 23.8 Å². The van der Waals surface area contributed by atoms with Crippen LogP contribution in [0.1, 0.15) is 28.4 Å². The van der Waals surface area contributed by atoms with Gasteiger partial charge in [0.15, 0.2) is 16.7 Å². The van der Waals surface area contributed by atoms with E-state index in [4.69, 9.17) is 14.2 Å². The van der Waals surface area contributed by atoms with Gasteiger partial charge in [0.1, 0.15) is 6.61 Å². The van der Waals surface area contributed by atoms with Crippen LogP contribution in [0.2, 0.25) is 0 Å². The second-order valence-corrected chi connectivity index (χ2v) is 10.0. The Hall–Kier alpha value is -4.56. The van der Waals surface area contributed by atoms with Crippen LogP contribution in [-0.4, -0.2) is 42.7 Å². The molecular weight excluding hydrogens is 524 g/mol. The van der Waals surface area contributed by atoms with Crippen molar-refractivity contribution in [1.29, 1.82) is 0 Å². The zero-order valence-corrected chi connectivity index (χ0v) is 23.2. The van der Waals surface area contributed by atoms with E-state index in [1.54, 1.807) is 45.3 Å². The second kappa shape index (κ2) is 12.1. The van der Waals surface area contributed by atoms with Gasteiger partial charge in [-0.2, -0.15) is 0 Å². The molecule has 0 radical (unpaired) electrons. The summed E-state index contributed by atoms with van der Waals surface area (Å²) in [5.74, 6) is 0.667. The topological polar surface area (TPSA) is 77.4 Å². The number of thioether (sulfide) groups is 1. The van der Waals surface area contributed by atoms with Crippen molar-refractivity contribution in [2.24, 2.45) is 4.99 Å².